The van der Waals surface area contributed by atoms with E-state index in [0.717, 1.165) is 95.9 Å². The fourth-order valence-corrected chi connectivity index (χ4v) is 6.28. The lowest BCUT2D eigenvalue weighted by molar-refractivity contribution is 0.0332. The van der Waals surface area contributed by atoms with Crippen LogP contribution in [0.15, 0.2) is 36.4 Å². The summed E-state index contributed by atoms with van der Waals surface area (Å²) in [6.45, 7) is 10.0. The summed E-state index contributed by atoms with van der Waals surface area (Å²) in [5, 5.41) is 1.20. The van der Waals surface area contributed by atoms with Crippen molar-refractivity contribution >= 4 is 22.2 Å². The Labute approximate surface area is 201 Å². The molecule has 178 valence electrons. The molecule has 3 saturated heterocycles. The first-order valence-electron chi connectivity index (χ1n) is 12.4. The van der Waals surface area contributed by atoms with Crippen molar-refractivity contribution in [1.29, 1.82) is 0 Å². The average Bonchev–Trinajstić information content (AvgIpc) is 3.35. The molecule has 0 radical (unpaired) electrons. The third kappa shape index (κ3) is 5.60. The molecular weight excluding hydrogens is 434 g/mol. The molecule has 1 aromatic carbocycles. The summed E-state index contributed by atoms with van der Waals surface area (Å²) in [4.78, 5) is 21.3. The highest BCUT2D eigenvalue weighted by Gasteiger charge is 2.28. The molecule has 0 saturated carbocycles. The second-order valence-electron chi connectivity index (χ2n) is 9.27. The van der Waals surface area contributed by atoms with Crippen LogP contribution >= 0.6 is 11.3 Å². The zero-order valence-corrected chi connectivity index (χ0v) is 20.2. The van der Waals surface area contributed by atoms with Crippen LogP contribution in [0.3, 0.4) is 0 Å². The van der Waals surface area contributed by atoms with Gasteiger partial charge < -0.3 is 19.3 Å². The second kappa shape index (κ2) is 11.0. The maximum Gasteiger partial charge on any atom is 0.264 e. The van der Waals surface area contributed by atoms with Crippen LogP contribution in [0.25, 0.3) is 11.1 Å². The predicted molar refractivity (Wildman–Crippen MR) is 133 cm³/mol. The van der Waals surface area contributed by atoms with Gasteiger partial charge in [-0.1, -0.05) is 30.3 Å². The number of likely N-dealkylation sites (tertiary alicyclic amines) is 1. The summed E-state index contributed by atoms with van der Waals surface area (Å²) >= 11 is 1.65. The molecule has 0 atom stereocenters. The van der Waals surface area contributed by atoms with Crippen molar-refractivity contribution in [3.63, 3.8) is 0 Å². The highest BCUT2D eigenvalue weighted by molar-refractivity contribution is 7.18. The van der Waals surface area contributed by atoms with Gasteiger partial charge in [-0.15, -0.1) is 11.3 Å². The number of amides is 1. The molecule has 1 aromatic heterocycles. The van der Waals surface area contributed by atoms with E-state index in [1.54, 1.807) is 11.3 Å². The SMILES string of the molecule is O=C(c1cc(-c2ccccc2)c(N2CCOCC2)s1)N1CCC(CCN2CCOCC2)CC1. The molecule has 4 heterocycles. The van der Waals surface area contributed by atoms with Gasteiger partial charge in [0.1, 0.15) is 0 Å². The summed E-state index contributed by atoms with van der Waals surface area (Å²) in [6.07, 6.45) is 3.47. The zero-order valence-electron chi connectivity index (χ0n) is 19.4. The minimum Gasteiger partial charge on any atom is -0.379 e. The fraction of sp³-hybridized carbons (Fsp3) is 0.577. The third-order valence-electron chi connectivity index (χ3n) is 7.17. The first-order valence-corrected chi connectivity index (χ1v) is 13.2. The molecule has 0 bridgehead atoms. The Balaban J connectivity index is 1.23. The van der Waals surface area contributed by atoms with Crippen molar-refractivity contribution in [3.8, 4) is 11.1 Å². The first kappa shape index (κ1) is 22.8. The largest absolute Gasteiger partial charge is 0.379 e. The monoisotopic (exact) mass is 469 g/mol. The molecule has 3 fully saturated rings. The molecule has 3 aliphatic heterocycles. The maximum atomic E-state index is 13.5. The van der Waals surface area contributed by atoms with Crippen LogP contribution in [-0.4, -0.2) is 87.9 Å². The minimum absolute atomic E-state index is 0.198. The number of benzene rings is 1. The van der Waals surface area contributed by atoms with E-state index in [2.05, 4.69) is 45.0 Å². The van der Waals surface area contributed by atoms with Gasteiger partial charge in [0.15, 0.2) is 0 Å². The van der Waals surface area contributed by atoms with Gasteiger partial charge in [-0.05, 0) is 43.4 Å². The lowest BCUT2D eigenvalue weighted by atomic mass is 9.93. The van der Waals surface area contributed by atoms with Gasteiger partial charge >= 0.3 is 0 Å². The maximum absolute atomic E-state index is 13.5. The van der Waals surface area contributed by atoms with Crippen LogP contribution in [0.1, 0.15) is 28.9 Å². The fourth-order valence-electron chi connectivity index (χ4n) is 5.08. The third-order valence-corrected chi connectivity index (χ3v) is 8.35. The summed E-state index contributed by atoms with van der Waals surface area (Å²) in [5.41, 5.74) is 2.35. The van der Waals surface area contributed by atoms with Gasteiger partial charge in [0.25, 0.3) is 5.91 Å². The Morgan fingerprint density at radius 2 is 1.58 bits per heavy atom. The minimum atomic E-state index is 0.198. The highest BCUT2D eigenvalue weighted by atomic mass is 32.1. The van der Waals surface area contributed by atoms with E-state index in [1.165, 1.54) is 22.5 Å². The molecule has 3 aliphatic rings. The number of carbonyl (C=O) groups is 1. The average molecular weight is 470 g/mol. The number of piperidine rings is 1. The van der Waals surface area contributed by atoms with Gasteiger partial charge in [0.05, 0.1) is 36.3 Å². The standard InChI is InChI=1S/C26H35N3O3S/c30-25(28-10-7-21(8-11-28)6-9-27-12-16-31-17-13-27)24-20-23(22-4-2-1-3-5-22)26(33-24)29-14-18-32-19-15-29/h1-5,20-21H,6-19H2. The van der Waals surface area contributed by atoms with Gasteiger partial charge in [-0.25, -0.2) is 0 Å². The van der Waals surface area contributed by atoms with Gasteiger partial charge in [0.2, 0.25) is 0 Å². The van der Waals surface area contributed by atoms with Crippen molar-refractivity contribution in [1.82, 2.24) is 9.80 Å². The molecule has 6 nitrogen and oxygen atoms in total. The van der Waals surface area contributed by atoms with E-state index < -0.39 is 0 Å². The Morgan fingerprint density at radius 1 is 0.909 bits per heavy atom. The molecule has 5 rings (SSSR count). The van der Waals surface area contributed by atoms with Gasteiger partial charge in [-0.3, -0.25) is 9.69 Å². The summed E-state index contributed by atoms with van der Waals surface area (Å²) in [7, 11) is 0. The first-order chi connectivity index (χ1) is 16.3. The molecular formula is C26H35N3O3S. The molecule has 0 aliphatic carbocycles. The molecule has 7 heteroatoms. The van der Waals surface area contributed by atoms with Crippen molar-refractivity contribution in [2.24, 2.45) is 5.92 Å². The van der Waals surface area contributed by atoms with Crippen molar-refractivity contribution in [3.05, 3.63) is 41.3 Å². The normalized spacial score (nSPS) is 20.8. The number of anilines is 1. The van der Waals surface area contributed by atoms with Crippen LogP contribution in [-0.2, 0) is 9.47 Å². The number of carbonyl (C=O) groups excluding carboxylic acids is 1. The number of ether oxygens (including phenoxy) is 2. The summed E-state index contributed by atoms with van der Waals surface area (Å²) < 4.78 is 11.0. The van der Waals surface area contributed by atoms with E-state index >= 15 is 0 Å². The van der Waals surface area contributed by atoms with Gasteiger partial charge in [-0.2, -0.15) is 0 Å². The van der Waals surface area contributed by atoms with Crippen LogP contribution in [0.5, 0.6) is 0 Å². The van der Waals surface area contributed by atoms with Crippen LogP contribution in [0.2, 0.25) is 0 Å². The van der Waals surface area contributed by atoms with E-state index in [1.807, 2.05) is 6.07 Å². The molecule has 0 N–H and O–H groups in total. The zero-order chi connectivity index (χ0) is 22.5. The Hall–Kier alpha value is -1.93. The molecule has 33 heavy (non-hydrogen) atoms. The van der Waals surface area contributed by atoms with Crippen molar-refractivity contribution in [2.45, 2.75) is 19.3 Å². The Bertz CT molecular complexity index is 899. The van der Waals surface area contributed by atoms with Crippen molar-refractivity contribution < 1.29 is 14.3 Å². The Kier molecular flexibility index (Phi) is 7.61. The van der Waals surface area contributed by atoms with Crippen LogP contribution in [0.4, 0.5) is 5.00 Å². The predicted octanol–water partition coefficient (Wildman–Crippen LogP) is 3.83. The van der Waals surface area contributed by atoms with Crippen LogP contribution in [0, 0.1) is 5.92 Å². The molecule has 0 unspecified atom stereocenters. The number of rotatable bonds is 6. The van der Waals surface area contributed by atoms with E-state index in [9.17, 15) is 4.79 Å². The van der Waals surface area contributed by atoms with E-state index in [0.29, 0.717) is 0 Å². The van der Waals surface area contributed by atoms with E-state index in [-0.39, 0.29) is 5.91 Å². The quantitative estimate of drug-likeness (QED) is 0.644. The number of morpholine rings is 2. The van der Waals surface area contributed by atoms with Gasteiger partial charge in [0, 0.05) is 44.8 Å². The lowest BCUT2D eigenvalue weighted by Crippen LogP contribution is -2.40. The highest BCUT2D eigenvalue weighted by Crippen LogP contribution is 2.40. The Morgan fingerprint density at radius 3 is 2.27 bits per heavy atom. The lowest BCUT2D eigenvalue weighted by Gasteiger charge is -2.33. The van der Waals surface area contributed by atoms with Crippen molar-refractivity contribution in [2.75, 3.05) is 77.1 Å². The smallest absolute Gasteiger partial charge is 0.264 e. The van der Waals surface area contributed by atoms with E-state index in [4.69, 9.17) is 9.47 Å². The topological polar surface area (TPSA) is 45.2 Å². The number of hydrogen-bond donors (Lipinski definition) is 0. The molecule has 2 aromatic rings. The number of thiophene rings is 1. The molecule has 0 spiro atoms. The summed E-state index contributed by atoms with van der Waals surface area (Å²) in [5.74, 6) is 0.923. The second-order valence-corrected chi connectivity index (χ2v) is 10.3. The molecule has 1 amide bonds. The summed E-state index contributed by atoms with van der Waals surface area (Å²) in [6, 6.07) is 12.6. The van der Waals surface area contributed by atoms with Crippen LogP contribution < -0.4 is 4.90 Å². The number of hydrogen-bond acceptors (Lipinski definition) is 6. The number of nitrogens with zero attached hydrogens (tertiary/aromatic N) is 3.